The zero-order valence-electron chi connectivity index (χ0n) is 9.58. The minimum absolute atomic E-state index is 0.123. The number of hydrogen-bond acceptors (Lipinski definition) is 3. The van der Waals surface area contributed by atoms with E-state index < -0.39 is 17.6 Å². The lowest BCUT2D eigenvalue weighted by molar-refractivity contribution is -0.137. The van der Waals surface area contributed by atoms with E-state index in [2.05, 4.69) is 20.7 Å². The van der Waals surface area contributed by atoms with Crippen molar-refractivity contribution in [1.82, 2.24) is 0 Å². The molecular weight excluding hydrogens is 310 g/mol. The summed E-state index contributed by atoms with van der Waals surface area (Å²) in [7, 11) is 0. The van der Waals surface area contributed by atoms with Crippen molar-refractivity contribution in [2.75, 3.05) is 11.9 Å². The van der Waals surface area contributed by atoms with E-state index >= 15 is 0 Å². The summed E-state index contributed by atoms with van der Waals surface area (Å²) in [6.45, 7) is 1.88. The van der Waals surface area contributed by atoms with E-state index in [1.165, 1.54) is 0 Å². The largest absolute Gasteiger partial charge is 0.463 e. The molecule has 0 aliphatic rings. The summed E-state index contributed by atoms with van der Waals surface area (Å²) >= 11 is 3.08. The molecule has 0 spiro atoms. The molecule has 0 aromatic heterocycles. The van der Waals surface area contributed by atoms with Gasteiger partial charge in [0.25, 0.3) is 0 Å². The quantitative estimate of drug-likeness (QED) is 0.362. The second-order valence-corrected chi connectivity index (χ2v) is 3.73. The first-order valence-electron chi connectivity index (χ1n) is 5.13. The van der Waals surface area contributed by atoms with Gasteiger partial charge in [0.1, 0.15) is 11.6 Å². The van der Waals surface area contributed by atoms with Gasteiger partial charge in [-0.3, -0.25) is 0 Å². The van der Waals surface area contributed by atoms with Crippen LogP contribution >= 0.6 is 15.9 Å². The highest BCUT2D eigenvalue weighted by Gasteiger charge is 2.09. The highest BCUT2D eigenvalue weighted by Crippen LogP contribution is 2.21. The lowest BCUT2D eigenvalue weighted by Gasteiger charge is -2.08. The lowest BCUT2D eigenvalue weighted by Crippen LogP contribution is -2.06. The molecule has 0 radical (unpaired) electrons. The molecule has 1 rings (SSSR count). The Morgan fingerprint density at radius 3 is 2.78 bits per heavy atom. The Kier molecular flexibility index (Phi) is 5.77. The molecular formula is C12H11BrF2O3. The first-order valence-corrected chi connectivity index (χ1v) is 6.25. The predicted octanol–water partition coefficient (Wildman–Crippen LogP) is 3.19. The summed E-state index contributed by atoms with van der Waals surface area (Å²) in [5.41, 5.74) is 0. The van der Waals surface area contributed by atoms with Gasteiger partial charge in [-0.25, -0.2) is 13.6 Å². The average molecular weight is 321 g/mol. The maximum absolute atomic E-state index is 13.3. The van der Waals surface area contributed by atoms with Crippen LogP contribution in [0.25, 0.3) is 0 Å². The minimum Gasteiger partial charge on any atom is -0.463 e. The molecule has 0 saturated heterocycles. The van der Waals surface area contributed by atoms with E-state index in [1.807, 2.05) is 0 Å². The van der Waals surface area contributed by atoms with Crippen molar-refractivity contribution in [3.63, 3.8) is 0 Å². The van der Waals surface area contributed by atoms with Crippen molar-refractivity contribution in [2.24, 2.45) is 0 Å². The van der Waals surface area contributed by atoms with Gasteiger partial charge in [0, 0.05) is 6.07 Å². The molecule has 1 aromatic rings. The Labute approximate surface area is 112 Å². The highest BCUT2D eigenvalue weighted by molar-refractivity contribution is 9.09. The summed E-state index contributed by atoms with van der Waals surface area (Å²) in [4.78, 5) is 11.2. The fourth-order valence-corrected chi connectivity index (χ4v) is 1.38. The van der Waals surface area contributed by atoms with Gasteiger partial charge >= 0.3 is 5.97 Å². The smallest absolute Gasteiger partial charge is 0.334 e. The number of rotatable bonds is 5. The molecule has 0 N–H and O–H groups in total. The number of hydrogen-bond donors (Lipinski definition) is 0. The van der Waals surface area contributed by atoms with Crippen LogP contribution in [0.5, 0.6) is 5.75 Å². The third-order valence-corrected chi connectivity index (χ3v) is 2.38. The standard InChI is InChI=1S/C12H11BrF2O3/c1-2-17-12(16)6-9(7-13)18-11-5-8(14)3-4-10(11)15/h3-6H,2,7H2,1H3/b9-6-. The van der Waals surface area contributed by atoms with E-state index in [9.17, 15) is 13.6 Å². The third-order valence-electron chi connectivity index (χ3n) is 1.83. The van der Waals surface area contributed by atoms with Crippen LogP contribution in [0.3, 0.4) is 0 Å². The van der Waals surface area contributed by atoms with Crippen LogP contribution in [0.2, 0.25) is 0 Å². The third kappa shape index (κ3) is 4.44. The number of carbonyl (C=O) groups is 1. The van der Waals surface area contributed by atoms with Crippen LogP contribution in [0, 0.1) is 11.6 Å². The van der Waals surface area contributed by atoms with E-state index in [4.69, 9.17) is 4.74 Å². The van der Waals surface area contributed by atoms with Crippen molar-refractivity contribution in [3.8, 4) is 5.75 Å². The number of esters is 1. The molecule has 0 bridgehead atoms. The molecule has 0 saturated carbocycles. The van der Waals surface area contributed by atoms with Crippen LogP contribution in [0.15, 0.2) is 30.0 Å². The Hall–Kier alpha value is -1.43. The fourth-order valence-electron chi connectivity index (χ4n) is 1.11. The van der Waals surface area contributed by atoms with Crippen LogP contribution in [0.4, 0.5) is 8.78 Å². The number of benzene rings is 1. The van der Waals surface area contributed by atoms with Crippen molar-refractivity contribution >= 4 is 21.9 Å². The van der Waals surface area contributed by atoms with Gasteiger partial charge in [0.15, 0.2) is 11.6 Å². The van der Waals surface area contributed by atoms with Gasteiger partial charge in [0.2, 0.25) is 0 Å². The Balaban J connectivity index is 2.85. The molecule has 18 heavy (non-hydrogen) atoms. The van der Waals surface area contributed by atoms with Crippen molar-refractivity contribution in [2.45, 2.75) is 6.92 Å². The van der Waals surface area contributed by atoms with E-state index in [-0.39, 0.29) is 23.4 Å². The first kappa shape index (κ1) is 14.6. The Morgan fingerprint density at radius 2 is 2.17 bits per heavy atom. The molecule has 0 aliphatic heterocycles. The summed E-state index contributed by atoms with van der Waals surface area (Å²) < 4.78 is 36.0. The SMILES string of the molecule is CCOC(=O)/C=C(/CBr)Oc1cc(F)ccc1F. The predicted molar refractivity (Wildman–Crippen MR) is 65.5 cm³/mol. The fraction of sp³-hybridized carbons (Fsp3) is 0.250. The average Bonchev–Trinajstić information content (AvgIpc) is 2.33. The molecule has 1 aromatic carbocycles. The molecule has 98 valence electrons. The van der Waals surface area contributed by atoms with Crippen molar-refractivity contribution in [3.05, 3.63) is 41.7 Å². The normalized spacial score (nSPS) is 11.2. The summed E-state index contributed by atoms with van der Waals surface area (Å²) in [6, 6.07) is 2.82. The van der Waals surface area contributed by atoms with Crippen LogP contribution in [0.1, 0.15) is 6.92 Å². The molecule has 6 heteroatoms. The topological polar surface area (TPSA) is 35.5 Å². The number of allylic oxidation sites excluding steroid dienone is 1. The second-order valence-electron chi connectivity index (χ2n) is 3.17. The van der Waals surface area contributed by atoms with Gasteiger partial charge in [-0.05, 0) is 19.1 Å². The van der Waals surface area contributed by atoms with E-state index in [0.29, 0.717) is 0 Å². The summed E-state index contributed by atoms with van der Waals surface area (Å²) in [5.74, 6) is -2.12. The van der Waals surface area contributed by atoms with Crippen molar-refractivity contribution < 1.29 is 23.0 Å². The number of carbonyl (C=O) groups excluding carboxylic acids is 1. The van der Waals surface area contributed by atoms with Crippen molar-refractivity contribution in [1.29, 1.82) is 0 Å². The molecule has 3 nitrogen and oxygen atoms in total. The van der Waals surface area contributed by atoms with Crippen LogP contribution in [-0.2, 0) is 9.53 Å². The van der Waals surface area contributed by atoms with Gasteiger partial charge in [-0.1, -0.05) is 15.9 Å². The number of ether oxygens (including phenoxy) is 2. The molecule has 0 fully saturated rings. The summed E-state index contributed by atoms with van der Waals surface area (Å²) in [6.07, 6.45) is 1.07. The Bertz CT molecular complexity index is 461. The van der Waals surface area contributed by atoms with Gasteiger partial charge in [0.05, 0.1) is 18.0 Å². The van der Waals surface area contributed by atoms with Crippen LogP contribution in [-0.4, -0.2) is 17.9 Å². The zero-order chi connectivity index (χ0) is 13.5. The monoisotopic (exact) mass is 320 g/mol. The lowest BCUT2D eigenvalue weighted by atomic mass is 10.3. The number of alkyl halides is 1. The Morgan fingerprint density at radius 1 is 1.44 bits per heavy atom. The van der Waals surface area contributed by atoms with E-state index in [1.54, 1.807) is 6.92 Å². The van der Waals surface area contributed by atoms with Gasteiger partial charge in [-0.2, -0.15) is 0 Å². The number of halogens is 3. The zero-order valence-corrected chi connectivity index (χ0v) is 11.2. The molecule has 0 atom stereocenters. The molecule has 0 unspecified atom stereocenters. The summed E-state index contributed by atoms with van der Waals surface area (Å²) in [5, 5.41) is 0.168. The highest BCUT2D eigenvalue weighted by atomic mass is 79.9. The van der Waals surface area contributed by atoms with Gasteiger partial charge < -0.3 is 9.47 Å². The first-order chi connectivity index (χ1) is 8.56. The van der Waals surface area contributed by atoms with Crippen LogP contribution < -0.4 is 4.74 Å². The maximum atomic E-state index is 13.3. The minimum atomic E-state index is -0.716. The maximum Gasteiger partial charge on any atom is 0.334 e. The molecule has 0 heterocycles. The molecule has 0 amide bonds. The molecule has 0 aliphatic carbocycles. The van der Waals surface area contributed by atoms with Gasteiger partial charge in [-0.15, -0.1) is 0 Å². The van der Waals surface area contributed by atoms with E-state index in [0.717, 1.165) is 24.3 Å². The second kappa shape index (κ2) is 7.10.